The third-order valence-corrected chi connectivity index (χ3v) is 5.65. The van der Waals surface area contributed by atoms with E-state index in [4.69, 9.17) is 9.47 Å². The number of hydrogen-bond donors (Lipinski definition) is 1. The molecule has 1 saturated heterocycles. The molecule has 31 heavy (non-hydrogen) atoms. The van der Waals surface area contributed by atoms with Gasteiger partial charge in [-0.1, -0.05) is 30.3 Å². The van der Waals surface area contributed by atoms with E-state index < -0.39 is 0 Å². The van der Waals surface area contributed by atoms with E-state index in [-0.39, 0.29) is 11.8 Å². The molecule has 3 heterocycles. The van der Waals surface area contributed by atoms with Crippen molar-refractivity contribution in [3.63, 3.8) is 0 Å². The Morgan fingerprint density at radius 3 is 2.61 bits per heavy atom. The van der Waals surface area contributed by atoms with Crippen LogP contribution in [0, 0.1) is 5.92 Å². The first kappa shape index (κ1) is 19.4. The van der Waals surface area contributed by atoms with E-state index in [1.54, 1.807) is 0 Å². The van der Waals surface area contributed by atoms with Crippen LogP contribution in [0.2, 0.25) is 0 Å². The molecule has 7 heteroatoms. The molecule has 1 N–H and O–H groups in total. The first-order chi connectivity index (χ1) is 15.3. The first-order valence-corrected chi connectivity index (χ1v) is 10.6. The Balaban J connectivity index is 1.24. The van der Waals surface area contributed by atoms with Gasteiger partial charge in [0.15, 0.2) is 17.3 Å². The quantitative estimate of drug-likeness (QED) is 0.698. The molecule has 2 aliphatic rings. The number of ether oxygens (including phenoxy) is 2. The predicted octanol–water partition coefficient (Wildman–Crippen LogP) is 3.77. The van der Waals surface area contributed by atoms with E-state index in [9.17, 15) is 4.79 Å². The van der Waals surface area contributed by atoms with Crippen LogP contribution in [0.4, 0.5) is 11.5 Å². The zero-order valence-corrected chi connectivity index (χ0v) is 17.2. The van der Waals surface area contributed by atoms with Crippen LogP contribution in [0.3, 0.4) is 0 Å². The van der Waals surface area contributed by atoms with Crippen molar-refractivity contribution in [2.45, 2.75) is 12.8 Å². The maximum absolute atomic E-state index is 12.9. The lowest BCUT2D eigenvalue weighted by atomic mass is 9.97. The van der Waals surface area contributed by atoms with Crippen molar-refractivity contribution in [2.75, 3.05) is 36.5 Å². The number of anilines is 2. The highest BCUT2D eigenvalue weighted by molar-refractivity contribution is 5.93. The number of hydrogen-bond acceptors (Lipinski definition) is 6. The van der Waals surface area contributed by atoms with E-state index in [0.717, 1.165) is 42.1 Å². The third-order valence-electron chi connectivity index (χ3n) is 5.65. The number of rotatable bonds is 4. The zero-order valence-electron chi connectivity index (χ0n) is 17.2. The van der Waals surface area contributed by atoms with Crippen molar-refractivity contribution in [1.29, 1.82) is 0 Å². The smallest absolute Gasteiger partial charge is 0.229 e. The summed E-state index contributed by atoms with van der Waals surface area (Å²) in [5.74, 6) is 2.08. The molecule has 3 aromatic rings. The van der Waals surface area contributed by atoms with Crippen LogP contribution in [0.1, 0.15) is 12.8 Å². The van der Waals surface area contributed by atoms with Gasteiger partial charge in [0.2, 0.25) is 5.91 Å². The van der Waals surface area contributed by atoms with Crippen molar-refractivity contribution in [3.05, 3.63) is 60.7 Å². The monoisotopic (exact) mass is 416 g/mol. The highest BCUT2D eigenvalue weighted by Gasteiger charge is 2.27. The highest BCUT2D eigenvalue weighted by atomic mass is 16.6. The molecule has 2 aromatic carbocycles. The van der Waals surface area contributed by atoms with Gasteiger partial charge < -0.3 is 19.7 Å². The molecule has 1 aromatic heterocycles. The molecular formula is C24H24N4O3. The predicted molar refractivity (Wildman–Crippen MR) is 118 cm³/mol. The van der Waals surface area contributed by atoms with Gasteiger partial charge in [-0.3, -0.25) is 4.79 Å². The minimum atomic E-state index is -0.113. The summed E-state index contributed by atoms with van der Waals surface area (Å²) in [6.07, 6.45) is 1.78. The Morgan fingerprint density at radius 1 is 0.968 bits per heavy atom. The largest absolute Gasteiger partial charge is 0.486 e. The van der Waals surface area contributed by atoms with Crippen molar-refractivity contribution >= 4 is 17.4 Å². The number of benzene rings is 2. The lowest BCUT2D eigenvalue weighted by molar-refractivity contribution is -0.120. The molecular weight excluding hydrogens is 392 g/mol. The van der Waals surface area contributed by atoms with Crippen LogP contribution in [0.25, 0.3) is 11.3 Å². The fourth-order valence-corrected chi connectivity index (χ4v) is 4.02. The fourth-order valence-electron chi connectivity index (χ4n) is 4.02. The number of nitrogens with zero attached hydrogens (tertiary/aromatic N) is 3. The molecule has 0 saturated carbocycles. The van der Waals surface area contributed by atoms with Gasteiger partial charge in [0, 0.05) is 30.4 Å². The lowest BCUT2D eigenvalue weighted by Gasteiger charge is -2.32. The van der Waals surface area contributed by atoms with Crippen LogP contribution in [0.5, 0.6) is 11.5 Å². The number of nitrogens with one attached hydrogen (secondary N) is 1. The second-order valence-electron chi connectivity index (χ2n) is 7.78. The van der Waals surface area contributed by atoms with Gasteiger partial charge in [0.1, 0.15) is 13.2 Å². The summed E-state index contributed by atoms with van der Waals surface area (Å²) >= 11 is 0. The van der Waals surface area contributed by atoms with Crippen LogP contribution >= 0.6 is 0 Å². The number of amides is 1. The SMILES string of the molecule is O=C(Nc1ccc2c(c1)OCCO2)C1CCCN(c2ccc(-c3ccccc3)nn2)C1. The summed E-state index contributed by atoms with van der Waals surface area (Å²) in [4.78, 5) is 15.0. The van der Waals surface area contributed by atoms with Gasteiger partial charge in [-0.05, 0) is 37.1 Å². The van der Waals surface area contributed by atoms with Gasteiger partial charge in [-0.2, -0.15) is 0 Å². The number of fused-ring (bicyclic) bond motifs is 1. The molecule has 1 unspecified atom stereocenters. The molecule has 5 rings (SSSR count). The molecule has 158 valence electrons. The minimum Gasteiger partial charge on any atom is -0.486 e. The standard InChI is InChI=1S/C24H24N4O3/c29-24(25-19-8-10-21-22(15-19)31-14-13-30-21)18-7-4-12-28(16-18)23-11-9-20(26-27-23)17-5-2-1-3-6-17/h1-3,5-6,8-11,15,18H,4,7,12-14,16H2,(H,25,29). The fraction of sp³-hybridized carbons (Fsp3) is 0.292. The van der Waals surface area contributed by atoms with E-state index in [1.807, 2.05) is 60.7 Å². The average molecular weight is 416 g/mol. The van der Waals surface area contributed by atoms with Crippen molar-refractivity contribution in [1.82, 2.24) is 10.2 Å². The summed E-state index contributed by atoms with van der Waals surface area (Å²) in [7, 11) is 0. The number of aromatic nitrogens is 2. The molecule has 0 aliphatic carbocycles. The van der Waals surface area contributed by atoms with Crippen LogP contribution in [-0.4, -0.2) is 42.4 Å². The molecule has 0 spiro atoms. The van der Waals surface area contributed by atoms with Crippen LogP contribution in [0.15, 0.2) is 60.7 Å². The zero-order chi connectivity index (χ0) is 21.0. The maximum atomic E-state index is 12.9. The van der Waals surface area contributed by atoms with Gasteiger partial charge in [0.25, 0.3) is 0 Å². The van der Waals surface area contributed by atoms with Crippen molar-refractivity contribution < 1.29 is 14.3 Å². The summed E-state index contributed by atoms with van der Waals surface area (Å²) in [6.45, 7) is 2.56. The highest BCUT2D eigenvalue weighted by Crippen LogP contribution is 2.33. The van der Waals surface area contributed by atoms with E-state index in [2.05, 4.69) is 20.4 Å². The second kappa shape index (κ2) is 8.63. The van der Waals surface area contributed by atoms with Crippen LogP contribution < -0.4 is 19.7 Å². The number of carbonyl (C=O) groups is 1. The van der Waals surface area contributed by atoms with E-state index in [0.29, 0.717) is 31.3 Å². The van der Waals surface area contributed by atoms with Crippen molar-refractivity contribution in [3.8, 4) is 22.8 Å². The molecule has 1 atom stereocenters. The average Bonchev–Trinajstić information content (AvgIpc) is 2.85. The first-order valence-electron chi connectivity index (χ1n) is 10.6. The molecule has 2 aliphatic heterocycles. The Hall–Kier alpha value is -3.61. The molecule has 0 bridgehead atoms. The maximum Gasteiger partial charge on any atom is 0.229 e. The van der Waals surface area contributed by atoms with Gasteiger partial charge in [0.05, 0.1) is 11.6 Å². The molecule has 0 radical (unpaired) electrons. The van der Waals surface area contributed by atoms with Crippen molar-refractivity contribution in [2.24, 2.45) is 5.92 Å². The number of piperidine rings is 1. The topological polar surface area (TPSA) is 76.6 Å². The summed E-state index contributed by atoms with van der Waals surface area (Å²) in [6, 6.07) is 19.5. The van der Waals surface area contributed by atoms with Gasteiger partial charge in [-0.15, -0.1) is 10.2 Å². The number of carbonyl (C=O) groups excluding carboxylic acids is 1. The molecule has 7 nitrogen and oxygen atoms in total. The Labute approximate surface area is 181 Å². The minimum absolute atomic E-state index is 0.00948. The lowest BCUT2D eigenvalue weighted by Crippen LogP contribution is -2.41. The summed E-state index contributed by atoms with van der Waals surface area (Å²) in [5.41, 5.74) is 2.60. The molecule has 1 amide bonds. The summed E-state index contributed by atoms with van der Waals surface area (Å²) < 4.78 is 11.2. The van der Waals surface area contributed by atoms with E-state index in [1.165, 1.54) is 0 Å². The summed E-state index contributed by atoms with van der Waals surface area (Å²) in [5, 5.41) is 11.8. The normalized spacial score (nSPS) is 17.8. The Morgan fingerprint density at radius 2 is 1.81 bits per heavy atom. The van der Waals surface area contributed by atoms with E-state index >= 15 is 0 Å². The van der Waals surface area contributed by atoms with Gasteiger partial charge >= 0.3 is 0 Å². The Kier molecular flexibility index (Phi) is 5.39. The Bertz CT molecular complexity index is 1060. The molecule has 1 fully saturated rings. The van der Waals surface area contributed by atoms with Gasteiger partial charge in [-0.25, -0.2) is 0 Å². The second-order valence-corrected chi connectivity index (χ2v) is 7.78. The van der Waals surface area contributed by atoms with Crippen LogP contribution in [-0.2, 0) is 4.79 Å². The third kappa shape index (κ3) is 4.30.